The van der Waals surface area contributed by atoms with E-state index in [9.17, 15) is 8.42 Å². The monoisotopic (exact) mass is 238 g/mol. The summed E-state index contributed by atoms with van der Waals surface area (Å²) in [5.41, 5.74) is 0. The van der Waals surface area contributed by atoms with Gasteiger partial charge in [0.05, 0.1) is 0 Å². The van der Waals surface area contributed by atoms with Crippen LogP contribution in [0.5, 0.6) is 0 Å². The van der Waals surface area contributed by atoms with Crippen molar-refractivity contribution in [3.63, 3.8) is 0 Å². The lowest BCUT2D eigenvalue weighted by Crippen LogP contribution is -2.08. The van der Waals surface area contributed by atoms with Gasteiger partial charge >= 0.3 is 9.05 Å². The summed E-state index contributed by atoms with van der Waals surface area (Å²) >= 11 is 1.95. The van der Waals surface area contributed by atoms with Gasteiger partial charge in [-0.15, -0.1) is 0 Å². The van der Waals surface area contributed by atoms with Crippen LogP contribution in [0.3, 0.4) is 0 Å². The molecule has 0 amide bonds. The van der Waals surface area contributed by atoms with Crippen LogP contribution in [0.1, 0.15) is 19.3 Å². The van der Waals surface area contributed by atoms with E-state index in [1.54, 1.807) is 0 Å². The Labute approximate surface area is 87.8 Å². The fourth-order valence-electron chi connectivity index (χ4n) is 1.22. The number of thioether (sulfide) groups is 1. The molecule has 74 valence electrons. The Balaban J connectivity index is 2.35. The molecule has 5 heteroatoms. The maximum Gasteiger partial charge on any atom is 0.300 e. The second-order valence-corrected chi connectivity index (χ2v) is 6.50. The molecule has 0 spiro atoms. The van der Waals surface area contributed by atoms with Crippen molar-refractivity contribution in [2.24, 2.45) is 5.92 Å². The molecule has 0 radical (unpaired) electrons. The van der Waals surface area contributed by atoms with Gasteiger partial charge in [-0.1, -0.05) is 5.92 Å². The molecular formula is C8H11ClO2S2. The topological polar surface area (TPSA) is 34.1 Å². The first-order valence-electron chi connectivity index (χ1n) is 4.10. The summed E-state index contributed by atoms with van der Waals surface area (Å²) in [6.45, 7) is 0. The molecule has 0 atom stereocenters. The van der Waals surface area contributed by atoms with E-state index < -0.39 is 9.05 Å². The van der Waals surface area contributed by atoms with Gasteiger partial charge in [0.15, 0.2) is 0 Å². The Bertz CT molecular complexity index is 307. The number of rotatable bonds is 1. The predicted molar refractivity (Wildman–Crippen MR) is 57.2 cm³/mol. The maximum atomic E-state index is 10.5. The Morgan fingerprint density at radius 2 is 2.00 bits per heavy atom. The van der Waals surface area contributed by atoms with Crippen molar-refractivity contribution < 1.29 is 8.42 Å². The Kier molecular flexibility index (Phi) is 4.43. The van der Waals surface area contributed by atoms with Crippen LogP contribution in [-0.2, 0) is 9.05 Å². The summed E-state index contributed by atoms with van der Waals surface area (Å²) in [6.07, 6.45) is 2.94. The number of hydrogen-bond donors (Lipinski definition) is 0. The zero-order valence-corrected chi connectivity index (χ0v) is 9.51. The summed E-state index contributed by atoms with van der Waals surface area (Å²) < 4.78 is 20.9. The van der Waals surface area contributed by atoms with Gasteiger partial charge in [0.1, 0.15) is 0 Å². The van der Waals surface area contributed by atoms with Crippen molar-refractivity contribution in [3.05, 3.63) is 0 Å². The van der Waals surface area contributed by atoms with E-state index in [1.165, 1.54) is 11.5 Å². The van der Waals surface area contributed by atoms with Crippen LogP contribution < -0.4 is 0 Å². The lowest BCUT2D eigenvalue weighted by atomic mass is 10.00. The summed E-state index contributed by atoms with van der Waals surface area (Å²) in [6, 6.07) is 0. The van der Waals surface area contributed by atoms with Crippen molar-refractivity contribution in [2.45, 2.75) is 19.3 Å². The third-order valence-electron chi connectivity index (χ3n) is 1.93. The van der Waals surface area contributed by atoms with Gasteiger partial charge in [-0.25, -0.2) is 0 Å². The van der Waals surface area contributed by atoms with Gasteiger partial charge in [-0.05, 0) is 30.3 Å². The SMILES string of the molecule is O=S(=O)(Cl)C#CCC1CCSCC1. The molecule has 1 fully saturated rings. The summed E-state index contributed by atoms with van der Waals surface area (Å²) in [5.74, 6) is 5.51. The standard InChI is InChI=1S/C8H11ClO2S2/c9-13(10,11)7-1-2-8-3-5-12-6-4-8/h8H,2-6H2. The van der Waals surface area contributed by atoms with E-state index in [0.717, 1.165) is 12.8 Å². The molecule has 1 aliphatic heterocycles. The van der Waals surface area contributed by atoms with Gasteiger partial charge in [0, 0.05) is 22.4 Å². The molecule has 0 aromatic carbocycles. The first-order chi connectivity index (χ1) is 6.08. The third kappa shape index (κ3) is 5.45. The van der Waals surface area contributed by atoms with Crippen LogP contribution in [0.15, 0.2) is 0 Å². The smallest absolute Gasteiger partial charge is 0.198 e. The van der Waals surface area contributed by atoms with E-state index in [-0.39, 0.29) is 0 Å². The van der Waals surface area contributed by atoms with Crippen LogP contribution >= 0.6 is 22.4 Å². The van der Waals surface area contributed by atoms with Gasteiger partial charge in [-0.2, -0.15) is 20.2 Å². The van der Waals surface area contributed by atoms with Crippen molar-refractivity contribution >= 4 is 31.5 Å². The Morgan fingerprint density at radius 1 is 1.38 bits per heavy atom. The van der Waals surface area contributed by atoms with Crippen LogP contribution in [0.2, 0.25) is 0 Å². The second-order valence-electron chi connectivity index (χ2n) is 2.98. The fraction of sp³-hybridized carbons (Fsp3) is 0.750. The number of hydrogen-bond acceptors (Lipinski definition) is 3. The number of halogens is 1. The van der Waals surface area contributed by atoms with Crippen molar-refractivity contribution in [3.8, 4) is 11.2 Å². The molecule has 0 unspecified atom stereocenters. The Hall–Kier alpha value is 0.150. The average molecular weight is 239 g/mol. The van der Waals surface area contributed by atoms with Crippen LogP contribution in [0, 0.1) is 17.1 Å². The normalized spacial score (nSPS) is 19.2. The summed E-state index contributed by atoms with van der Waals surface area (Å²) in [5, 5.41) is 2.05. The summed E-state index contributed by atoms with van der Waals surface area (Å²) in [7, 11) is 1.33. The zero-order valence-electron chi connectivity index (χ0n) is 7.12. The average Bonchev–Trinajstić information content (AvgIpc) is 2.04. The van der Waals surface area contributed by atoms with Crippen LogP contribution in [0.25, 0.3) is 0 Å². The van der Waals surface area contributed by atoms with Crippen molar-refractivity contribution in [1.82, 2.24) is 0 Å². The minimum absolute atomic E-state index is 0.562. The highest BCUT2D eigenvalue weighted by atomic mass is 35.7. The molecule has 1 rings (SSSR count). The predicted octanol–water partition coefficient (Wildman–Crippen LogP) is 2.05. The first-order valence-corrected chi connectivity index (χ1v) is 7.56. The highest BCUT2D eigenvalue weighted by molar-refractivity contribution is 8.17. The third-order valence-corrected chi connectivity index (χ3v) is 3.59. The van der Waals surface area contributed by atoms with Gasteiger partial charge in [0.25, 0.3) is 0 Å². The first kappa shape index (κ1) is 11.2. The maximum absolute atomic E-state index is 10.5. The quantitative estimate of drug-likeness (QED) is 0.518. The minimum Gasteiger partial charge on any atom is -0.198 e. The molecule has 0 saturated carbocycles. The van der Waals surface area contributed by atoms with Gasteiger partial charge in [-0.3, -0.25) is 0 Å². The van der Waals surface area contributed by atoms with E-state index in [2.05, 4.69) is 11.2 Å². The van der Waals surface area contributed by atoms with E-state index >= 15 is 0 Å². The Morgan fingerprint density at radius 3 is 2.54 bits per heavy atom. The van der Waals surface area contributed by atoms with Gasteiger partial charge in [0.2, 0.25) is 0 Å². The highest BCUT2D eigenvalue weighted by Crippen LogP contribution is 2.24. The molecule has 0 N–H and O–H groups in total. The van der Waals surface area contributed by atoms with E-state index in [1.807, 2.05) is 11.8 Å². The molecule has 1 aliphatic rings. The molecule has 0 aromatic rings. The molecule has 2 nitrogen and oxygen atoms in total. The molecule has 0 aromatic heterocycles. The second kappa shape index (κ2) is 5.14. The largest absolute Gasteiger partial charge is 0.300 e. The zero-order chi connectivity index (χ0) is 9.73. The summed E-state index contributed by atoms with van der Waals surface area (Å²) in [4.78, 5) is 0. The van der Waals surface area contributed by atoms with Crippen LogP contribution in [0.4, 0.5) is 0 Å². The molecule has 13 heavy (non-hydrogen) atoms. The van der Waals surface area contributed by atoms with Crippen molar-refractivity contribution in [2.75, 3.05) is 11.5 Å². The van der Waals surface area contributed by atoms with E-state index in [4.69, 9.17) is 10.7 Å². The van der Waals surface area contributed by atoms with E-state index in [0.29, 0.717) is 12.3 Å². The molecular weight excluding hydrogens is 228 g/mol. The molecule has 1 saturated heterocycles. The molecule has 0 aliphatic carbocycles. The van der Waals surface area contributed by atoms with Crippen molar-refractivity contribution in [1.29, 1.82) is 0 Å². The lowest BCUT2D eigenvalue weighted by molar-refractivity contribution is 0.504. The van der Waals surface area contributed by atoms with Crippen LogP contribution in [-0.4, -0.2) is 19.9 Å². The minimum atomic E-state index is -3.62. The molecule has 1 heterocycles. The van der Waals surface area contributed by atoms with Gasteiger partial charge < -0.3 is 0 Å². The molecule has 0 bridgehead atoms. The fourth-order valence-corrected chi connectivity index (χ4v) is 2.85. The highest BCUT2D eigenvalue weighted by Gasteiger charge is 2.12. The lowest BCUT2D eigenvalue weighted by Gasteiger charge is -2.18.